The average molecular weight is 237 g/mol. The van der Waals surface area contributed by atoms with E-state index >= 15 is 0 Å². The van der Waals surface area contributed by atoms with Crippen LogP contribution in [-0.2, 0) is 6.54 Å². The standard InChI is InChI=1S/C14H23NO2/c1-15-12-13-7-6-8-14(11-13)17-10-5-3-2-4-9-16/h6-8,11,15-16H,2-5,9-10,12H2,1H3. The molecule has 1 aromatic carbocycles. The van der Waals surface area contributed by atoms with Crippen LogP contribution in [0.3, 0.4) is 0 Å². The van der Waals surface area contributed by atoms with E-state index in [0.717, 1.165) is 44.6 Å². The fraction of sp³-hybridized carbons (Fsp3) is 0.571. The molecule has 0 saturated carbocycles. The van der Waals surface area contributed by atoms with Crippen LogP contribution in [0, 0.1) is 0 Å². The number of hydrogen-bond donors (Lipinski definition) is 2. The molecule has 0 aromatic heterocycles. The topological polar surface area (TPSA) is 41.5 Å². The molecule has 17 heavy (non-hydrogen) atoms. The van der Waals surface area contributed by atoms with Gasteiger partial charge in [0, 0.05) is 13.2 Å². The molecule has 0 unspecified atom stereocenters. The zero-order valence-electron chi connectivity index (χ0n) is 10.6. The van der Waals surface area contributed by atoms with Crippen molar-refractivity contribution in [3.8, 4) is 5.75 Å². The Labute approximate surface area is 104 Å². The van der Waals surface area contributed by atoms with Crippen molar-refractivity contribution >= 4 is 0 Å². The number of hydrogen-bond acceptors (Lipinski definition) is 3. The summed E-state index contributed by atoms with van der Waals surface area (Å²) in [6.07, 6.45) is 4.16. The second kappa shape index (κ2) is 9.02. The number of ether oxygens (including phenoxy) is 1. The lowest BCUT2D eigenvalue weighted by molar-refractivity contribution is 0.273. The summed E-state index contributed by atoms with van der Waals surface area (Å²) in [7, 11) is 1.94. The average Bonchev–Trinajstić information content (AvgIpc) is 2.35. The molecule has 0 fully saturated rings. The van der Waals surface area contributed by atoms with Crippen molar-refractivity contribution in [3.05, 3.63) is 29.8 Å². The van der Waals surface area contributed by atoms with Crippen LogP contribution in [0.25, 0.3) is 0 Å². The first-order valence-electron chi connectivity index (χ1n) is 6.34. The van der Waals surface area contributed by atoms with Crippen LogP contribution in [0.5, 0.6) is 5.75 Å². The van der Waals surface area contributed by atoms with Crippen LogP contribution in [0.15, 0.2) is 24.3 Å². The summed E-state index contributed by atoms with van der Waals surface area (Å²) >= 11 is 0. The van der Waals surface area contributed by atoms with Gasteiger partial charge in [0.2, 0.25) is 0 Å². The lowest BCUT2D eigenvalue weighted by atomic mass is 10.2. The van der Waals surface area contributed by atoms with Crippen molar-refractivity contribution in [2.24, 2.45) is 0 Å². The van der Waals surface area contributed by atoms with Gasteiger partial charge in [-0.1, -0.05) is 18.6 Å². The Hall–Kier alpha value is -1.06. The van der Waals surface area contributed by atoms with Crippen molar-refractivity contribution in [1.29, 1.82) is 0 Å². The molecular formula is C14H23NO2. The molecule has 0 heterocycles. The van der Waals surface area contributed by atoms with Gasteiger partial charge in [0.05, 0.1) is 6.61 Å². The molecule has 1 rings (SSSR count). The first-order valence-corrected chi connectivity index (χ1v) is 6.34. The van der Waals surface area contributed by atoms with Crippen LogP contribution in [0.4, 0.5) is 0 Å². The molecule has 0 aliphatic carbocycles. The van der Waals surface area contributed by atoms with Gasteiger partial charge in [0.15, 0.2) is 0 Å². The monoisotopic (exact) mass is 237 g/mol. The van der Waals surface area contributed by atoms with Crippen molar-refractivity contribution in [1.82, 2.24) is 5.32 Å². The number of aliphatic hydroxyl groups is 1. The van der Waals surface area contributed by atoms with Crippen LogP contribution < -0.4 is 10.1 Å². The smallest absolute Gasteiger partial charge is 0.119 e. The number of rotatable bonds is 9. The number of benzene rings is 1. The van der Waals surface area contributed by atoms with E-state index in [9.17, 15) is 0 Å². The van der Waals surface area contributed by atoms with E-state index in [1.165, 1.54) is 5.56 Å². The highest BCUT2D eigenvalue weighted by Crippen LogP contribution is 2.13. The number of unbranched alkanes of at least 4 members (excludes halogenated alkanes) is 3. The maximum absolute atomic E-state index is 8.64. The van der Waals surface area contributed by atoms with Crippen LogP contribution in [-0.4, -0.2) is 25.4 Å². The Morgan fingerprint density at radius 3 is 2.76 bits per heavy atom. The molecule has 96 valence electrons. The lowest BCUT2D eigenvalue weighted by Gasteiger charge is -2.07. The largest absolute Gasteiger partial charge is 0.494 e. The Bertz CT molecular complexity index is 302. The maximum Gasteiger partial charge on any atom is 0.119 e. The molecule has 0 aliphatic heterocycles. The minimum Gasteiger partial charge on any atom is -0.494 e. The lowest BCUT2D eigenvalue weighted by Crippen LogP contribution is -2.05. The van der Waals surface area contributed by atoms with Gasteiger partial charge in [-0.15, -0.1) is 0 Å². The molecule has 0 radical (unpaired) electrons. The van der Waals surface area contributed by atoms with Gasteiger partial charge in [0.25, 0.3) is 0 Å². The van der Waals surface area contributed by atoms with Gasteiger partial charge in [-0.2, -0.15) is 0 Å². The van der Waals surface area contributed by atoms with Crippen molar-refractivity contribution in [2.75, 3.05) is 20.3 Å². The summed E-state index contributed by atoms with van der Waals surface area (Å²) in [6.45, 7) is 1.93. The summed E-state index contributed by atoms with van der Waals surface area (Å²) in [6, 6.07) is 8.18. The predicted octanol–water partition coefficient (Wildman–Crippen LogP) is 2.34. The van der Waals surface area contributed by atoms with E-state index in [0.29, 0.717) is 6.61 Å². The van der Waals surface area contributed by atoms with Gasteiger partial charge >= 0.3 is 0 Å². The van der Waals surface area contributed by atoms with Crippen LogP contribution in [0.2, 0.25) is 0 Å². The van der Waals surface area contributed by atoms with E-state index in [-0.39, 0.29) is 0 Å². The summed E-state index contributed by atoms with van der Waals surface area (Å²) in [4.78, 5) is 0. The summed E-state index contributed by atoms with van der Waals surface area (Å²) in [5, 5.41) is 11.8. The molecular weight excluding hydrogens is 214 g/mol. The Morgan fingerprint density at radius 1 is 1.18 bits per heavy atom. The first-order chi connectivity index (χ1) is 8.36. The second-order valence-electron chi connectivity index (χ2n) is 4.16. The maximum atomic E-state index is 8.64. The third-order valence-corrected chi connectivity index (χ3v) is 2.60. The van der Waals surface area contributed by atoms with Crippen LogP contribution >= 0.6 is 0 Å². The third kappa shape index (κ3) is 6.29. The van der Waals surface area contributed by atoms with Crippen LogP contribution in [0.1, 0.15) is 31.2 Å². The molecule has 0 bridgehead atoms. The Kier molecular flexibility index (Phi) is 7.43. The quantitative estimate of drug-likeness (QED) is 0.648. The first kappa shape index (κ1) is 14.0. The minimum atomic E-state index is 0.299. The highest BCUT2D eigenvalue weighted by Gasteiger charge is 1.96. The van der Waals surface area contributed by atoms with Crippen molar-refractivity contribution < 1.29 is 9.84 Å². The van der Waals surface area contributed by atoms with E-state index in [4.69, 9.17) is 9.84 Å². The normalized spacial score (nSPS) is 10.5. The van der Waals surface area contributed by atoms with E-state index in [1.54, 1.807) is 0 Å². The highest BCUT2D eigenvalue weighted by molar-refractivity contribution is 5.28. The molecule has 0 amide bonds. The molecule has 0 atom stereocenters. The Morgan fingerprint density at radius 2 is 2.00 bits per heavy atom. The van der Waals surface area contributed by atoms with Gasteiger partial charge in [-0.3, -0.25) is 0 Å². The fourth-order valence-electron chi connectivity index (χ4n) is 1.71. The molecule has 2 N–H and O–H groups in total. The van der Waals surface area contributed by atoms with Crippen molar-refractivity contribution in [3.63, 3.8) is 0 Å². The van der Waals surface area contributed by atoms with Gasteiger partial charge in [0.1, 0.15) is 5.75 Å². The van der Waals surface area contributed by atoms with E-state index < -0.39 is 0 Å². The summed E-state index contributed by atoms with van der Waals surface area (Å²) in [5.41, 5.74) is 1.24. The SMILES string of the molecule is CNCc1cccc(OCCCCCCO)c1. The van der Waals surface area contributed by atoms with Crippen molar-refractivity contribution in [2.45, 2.75) is 32.2 Å². The molecule has 0 saturated heterocycles. The Balaban J connectivity index is 2.19. The molecule has 0 spiro atoms. The van der Waals surface area contributed by atoms with Gasteiger partial charge in [-0.05, 0) is 44.0 Å². The molecule has 3 nitrogen and oxygen atoms in total. The predicted molar refractivity (Wildman–Crippen MR) is 70.3 cm³/mol. The molecule has 3 heteroatoms. The van der Waals surface area contributed by atoms with E-state index in [1.807, 2.05) is 19.2 Å². The number of aliphatic hydroxyl groups excluding tert-OH is 1. The second-order valence-corrected chi connectivity index (χ2v) is 4.16. The summed E-state index contributed by atoms with van der Waals surface area (Å²) < 4.78 is 5.68. The molecule has 1 aromatic rings. The zero-order valence-corrected chi connectivity index (χ0v) is 10.6. The highest BCUT2D eigenvalue weighted by atomic mass is 16.5. The zero-order chi connectivity index (χ0) is 12.3. The number of nitrogens with one attached hydrogen (secondary N) is 1. The minimum absolute atomic E-state index is 0.299. The fourth-order valence-corrected chi connectivity index (χ4v) is 1.71. The molecule has 0 aliphatic rings. The summed E-state index contributed by atoms with van der Waals surface area (Å²) in [5.74, 6) is 0.944. The van der Waals surface area contributed by atoms with E-state index in [2.05, 4.69) is 17.4 Å². The third-order valence-electron chi connectivity index (χ3n) is 2.60. The van der Waals surface area contributed by atoms with Gasteiger partial charge in [-0.25, -0.2) is 0 Å². The van der Waals surface area contributed by atoms with Gasteiger partial charge < -0.3 is 15.2 Å².